The van der Waals surface area contributed by atoms with Gasteiger partial charge in [0.1, 0.15) is 18.2 Å². The molecule has 0 unspecified atom stereocenters. The lowest BCUT2D eigenvalue weighted by molar-refractivity contribution is -0.142. The van der Waals surface area contributed by atoms with Crippen LogP contribution in [0, 0.1) is 11.6 Å². The number of fused-ring (bicyclic) bond motifs is 1. The number of benzene rings is 2. The Kier molecular flexibility index (Phi) is 10.1. The summed E-state index contributed by atoms with van der Waals surface area (Å²) in [5.41, 5.74) is 7.29. The van der Waals surface area contributed by atoms with E-state index in [1.54, 1.807) is 15.5 Å². The van der Waals surface area contributed by atoms with E-state index in [9.17, 15) is 23.1 Å². The number of halogens is 4. The SMILES string of the molecule is COc1cc(F)c(-c2cc(Cn3cnc4c(NCOC(=O)Cc5ccccc5)ncnc43)c(N3CCC[C@](N)([C@H](O)C(F)F)C3)cn2)cc1F. The molecule has 4 heterocycles. The smallest absolute Gasteiger partial charge is 0.311 e. The number of nitrogens with one attached hydrogen (secondary N) is 1. The largest absolute Gasteiger partial charge is 0.494 e. The maximum Gasteiger partial charge on any atom is 0.311 e. The number of rotatable bonds is 12. The van der Waals surface area contributed by atoms with Gasteiger partial charge in [0.15, 0.2) is 35.3 Å². The van der Waals surface area contributed by atoms with Crippen molar-refractivity contribution in [1.29, 1.82) is 0 Å². The molecule has 0 spiro atoms. The highest BCUT2D eigenvalue weighted by Crippen LogP contribution is 2.35. The van der Waals surface area contributed by atoms with Crippen LogP contribution in [0.3, 0.4) is 0 Å². The predicted molar refractivity (Wildman–Crippen MR) is 176 cm³/mol. The lowest BCUT2D eigenvalue weighted by atomic mass is 9.84. The van der Waals surface area contributed by atoms with Crippen LogP contribution in [-0.4, -0.2) is 80.6 Å². The molecule has 12 nitrogen and oxygen atoms in total. The number of hydrogen-bond acceptors (Lipinski definition) is 11. The summed E-state index contributed by atoms with van der Waals surface area (Å²) in [4.78, 5) is 31.5. The van der Waals surface area contributed by atoms with E-state index in [-0.39, 0.29) is 49.7 Å². The number of alkyl halides is 2. The molecule has 1 aliphatic rings. The van der Waals surface area contributed by atoms with Crippen molar-refractivity contribution in [3.63, 3.8) is 0 Å². The Morgan fingerprint density at radius 3 is 2.66 bits per heavy atom. The molecule has 0 saturated carbocycles. The topological polar surface area (TPSA) is 154 Å². The monoisotopic (exact) mass is 694 g/mol. The van der Waals surface area contributed by atoms with Gasteiger partial charge in [0.25, 0.3) is 6.43 Å². The first kappa shape index (κ1) is 34.5. The van der Waals surface area contributed by atoms with Gasteiger partial charge in [-0.05, 0) is 36.1 Å². The van der Waals surface area contributed by atoms with Crippen molar-refractivity contribution in [2.24, 2.45) is 5.73 Å². The molecule has 262 valence electrons. The minimum atomic E-state index is -3.04. The Balaban J connectivity index is 1.30. The number of carbonyl (C=O) groups is 1. The highest BCUT2D eigenvalue weighted by molar-refractivity contribution is 5.83. The molecule has 4 N–H and O–H groups in total. The normalized spacial score (nSPS) is 16.8. The number of hydrogen-bond donors (Lipinski definition) is 3. The van der Waals surface area contributed by atoms with Gasteiger partial charge in [0.05, 0.1) is 49.5 Å². The summed E-state index contributed by atoms with van der Waals surface area (Å²) in [6, 6.07) is 12.6. The third-order valence-corrected chi connectivity index (χ3v) is 8.61. The summed E-state index contributed by atoms with van der Waals surface area (Å²) in [6.45, 7) is 0.211. The molecule has 16 heteroatoms. The molecule has 2 aromatic carbocycles. The van der Waals surface area contributed by atoms with E-state index in [1.165, 1.54) is 26.0 Å². The van der Waals surface area contributed by atoms with E-state index in [4.69, 9.17) is 15.2 Å². The Hall–Kier alpha value is -5.35. The van der Waals surface area contributed by atoms with E-state index >= 15 is 4.39 Å². The van der Waals surface area contributed by atoms with Gasteiger partial charge in [-0.25, -0.2) is 32.5 Å². The molecule has 5 aromatic rings. The van der Waals surface area contributed by atoms with Gasteiger partial charge in [-0.15, -0.1) is 0 Å². The van der Waals surface area contributed by atoms with E-state index in [2.05, 4.69) is 25.3 Å². The van der Waals surface area contributed by atoms with Gasteiger partial charge in [-0.3, -0.25) is 9.78 Å². The number of aliphatic hydroxyl groups is 1. The molecule has 0 bridgehead atoms. The maximum absolute atomic E-state index is 15.2. The predicted octanol–water partition coefficient (Wildman–Crippen LogP) is 4.30. The van der Waals surface area contributed by atoms with Crippen molar-refractivity contribution in [3.05, 3.63) is 90.1 Å². The standard InChI is InChI=1S/C34H34F4N8O4/c1-49-27-13-23(35)22(12-24(27)36)25-11-21(26(14-40-25)45-9-5-8-34(39,16-45)30(48)31(37)38)15-46-18-43-29-32(41-17-42-33(29)46)44-19-50-28(47)10-20-6-3-2-4-7-20/h2-4,6-7,11-14,17-18,30-31,48H,5,8-10,15-16,19,39H2,1H3,(H,41,42,44)/t30-,34-/m1/s1. The molecule has 2 atom stereocenters. The van der Waals surface area contributed by atoms with Crippen LogP contribution in [0.25, 0.3) is 22.4 Å². The van der Waals surface area contributed by atoms with E-state index in [1.807, 2.05) is 30.3 Å². The van der Waals surface area contributed by atoms with Gasteiger partial charge in [0, 0.05) is 24.7 Å². The summed E-state index contributed by atoms with van der Waals surface area (Å²) in [6.07, 6.45) is -0.162. The van der Waals surface area contributed by atoms with Crippen molar-refractivity contribution in [2.75, 3.05) is 37.1 Å². The van der Waals surface area contributed by atoms with Gasteiger partial charge in [-0.2, -0.15) is 0 Å². The van der Waals surface area contributed by atoms with Crippen LogP contribution < -0.4 is 20.7 Å². The number of aliphatic hydroxyl groups excluding tert-OH is 1. The summed E-state index contributed by atoms with van der Waals surface area (Å²) in [5, 5.41) is 13.2. The molecular weight excluding hydrogens is 660 g/mol. The zero-order valence-electron chi connectivity index (χ0n) is 26.9. The molecule has 1 fully saturated rings. The van der Waals surface area contributed by atoms with E-state index in [0.717, 1.165) is 17.7 Å². The Labute approximate surface area is 283 Å². The van der Waals surface area contributed by atoms with Crippen molar-refractivity contribution >= 4 is 28.6 Å². The molecule has 1 aliphatic heterocycles. The molecule has 0 radical (unpaired) electrons. The Bertz CT molecular complexity index is 1980. The fourth-order valence-electron chi connectivity index (χ4n) is 6.05. The number of imidazole rings is 1. The molecule has 3 aromatic heterocycles. The minimum absolute atomic E-state index is 0.0790. The number of nitrogens with two attached hydrogens (primary N) is 1. The Morgan fingerprint density at radius 1 is 1.10 bits per heavy atom. The highest BCUT2D eigenvalue weighted by Gasteiger charge is 2.43. The number of methoxy groups -OCH3 is 1. The van der Waals surface area contributed by atoms with E-state index < -0.39 is 35.7 Å². The number of ether oxygens (including phenoxy) is 2. The van der Waals surface area contributed by atoms with Crippen LogP contribution in [0.4, 0.5) is 29.1 Å². The molecule has 0 aliphatic carbocycles. The second-order valence-corrected chi connectivity index (χ2v) is 12.0. The first-order valence-corrected chi connectivity index (χ1v) is 15.7. The number of esters is 1. The zero-order valence-corrected chi connectivity index (χ0v) is 26.9. The van der Waals surface area contributed by atoms with Crippen molar-refractivity contribution in [2.45, 2.75) is 43.9 Å². The third-order valence-electron chi connectivity index (χ3n) is 8.61. The van der Waals surface area contributed by atoms with Crippen LogP contribution in [0.2, 0.25) is 0 Å². The number of carbonyl (C=O) groups excluding carboxylic acids is 1. The molecule has 6 rings (SSSR count). The number of nitrogens with zero attached hydrogens (tertiary/aromatic N) is 6. The third kappa shape index (κ3) is 7.30. The van der Waals surface area contributed by atoms with Gasteiger partial charge < -0.3 is 35.1 Å². The second-order valence-electron chi connectivity index (χ2n) is 12.0. The summed E-state index contributed by atoms with van der Waals surface area (Å²) in [5.74, 6) is -1.96. The van der Waals surface area contributed by atoms with Crippen molar-refractivity contribution in [3.8, 4) is 17.0 Å². The second kappa shape index (κ2) is 14.6. The van der Waals surface area contributed by atoms with Crippen molar-refractivity contribution in [1.82, 2.24) is 24.5 Å². The minimum Gasteiger partial charge on any atom is -0.494 e. The molecule has 50 heavy (non-hydrogen) atoms. The fourth-order valence-corrected chi connectivity index (χ4v) is 6.05. The summed E-state index contributed by atoms with van der Waals surface area (Å²) in [7, 11) is 1.22. The average Bonchev–Trinajstić information content (AvgIpc) is 3.52. The van der Waals surface area contributed by atoms with Crippen LogP contribution in [0.15, 0.2) is 67.4 Å². The number of pyridine rings is 1. The Morgan fingerprint density at radius 2 is 1.90 bits per heavy atom. The number of piperidine rings is 1. The van der Waals surface area contributed by atoms with Crippen LogP contribution in [0.5, 0.6) is 5.75 Å². The lowest BCUT2D eigenvalue weighted by Crippen LogP contribution is -2.63. The maximum atomic E-state index is 15.2. The molecular formula is C34H34F4N8O4. The number of anilines is 2. The zero-order chi connectivity index (χ0) is 35.4. The highest BCUT2D eigenvalue weighted by atomic mass is 19.3. The molecule has 0 amide bonds. The average molecular weight is 695 g/mol. The van der Waals surface area contributed by atoms with Crippen molar-refractivity contribution < 1.29 is 36.9 Å². The van der Waals surface area contributed by atoms with Crippen LogP contribution in [-0.2, 0) is 22.5 Å². The fraction of sp³-hybridized carbons (Fsp3) is 0.324. The summed E-state index contributed by atoms with van der Waals surface area (Å²) < 4.78 is 68.9. The van der Waals surface area contributed by atoms with Crippen LogP contribution >= 0.6 is 0 Å². The van der Waals surface area contributed by atoms with Gasteiger partial charge in [-0.1, -0.05) is 30.3 Å². The first-order valence-electron chi connectivity index (χ1n) is 15.7. The van der Waals surface area contributed by atoms with Gasteiger partial charge in [0.2, 0.25) is 0 Å². The summed E-state index contributed by atoms with van der Waals surface area (Å²) >= 11 is 0. The quantitative estimate of drug-likeness (QED) is 0.0974. The first-order chi connectivity index (χ1) is 24.1. The van der Waals surface area contributed by atoms with E-state index in [0.29, 0.717) is 41.2 Å². The molecule has 1 saturated heterocycles. The van der Waals surface area contributed by atoms with Gasteiger partial charge >= 0.3 is 5.97 Å². The van der Waals surface area contributed by atoms with Crippen LogP contribution in [0.1, 0.15) is 24.0 Å². The number of aromatic nitrogens is 5. The lowest BCUT2D eigenvalue weighted by Gasteiger charge is -2.44.